The highest BCUT2D eigenvalue weighted by atomic mass is 16.7. The van der Waals surface area contributed by atoms with E-state index in [4.69, 9.17) is 18.6 Å². The van der Waals surface area contributed by atoms with Gasteiger partial charge in [-0.15, -0.1) is 0 Å². The summed E-state index contributed by atoms with van der Waals surface area (Å²) in [7, 11) is -0.930. The van der Waals surface area contributed by atoms with E-state index >= 15 is 0 Å². The highest BCUT2D eigenvalue weighted by Crippen LogP contribution is 2.45. The minimum atomic E-state index is -0.487. The minimum absolute atomic E-state index is 0.409. The number of allylic oxidation sites excluding steroid dienone is 3. The molecule has 1 aromatic rings. The summed E-state index contributed by atoms with van der Waals surface area (Å²) in [6, 6.07) is 4.09. The molecule has 7 heteroatoms. The van der Waals surface area contributed by atoms with Gasteiger partial charge in [0.05, 0.1) is 28.1 Å². The SMILES string of the molecule is CC/C(B1OC(C)(C)C(C)(C)O1)=C(/B1OC(C)(C)C(C)(C)O1)C1=Cc2cccnc2C1. The average Bonchev–Trinajstić information content (AvgIpc) is 3.22. The van der Waals surface area contributed by atoms with Crippen molar-refractivity contribution in [3.8, 4) is 0 Å². The van der Waals surface area contributed by atoms with Gasteiger partial charge in [0.15, 0.2) is 0 Å². The van der Waals surface area contributed by atoms with E-state index in [2.05, 4.69) is 79.4 Å². The van der Waals surface area contributed by atoms with Gasteiger partial charge in [0.25, 0.3) is 0 Å². The van der Waals surface area contributed by atoms with Crippen molar-refractivity contribution >= 4 is 20.3 Å². The molecule has 1 aromatic heterocycles. The third-order valence-corrected chi connectivity index (χ3v) is 7.71. The van der Waals surface area contributed by atoms with Crippen LogP contribution in [0.1, 0.15) is 80.0 Å². The van der Waals surface area contributed by atoms with E-state index in [1.54, 1.807) is 0 Å². The molecule has 3 aliphatic rings. The minimum Gasteiger partial charge on any atom is -0.400 e. The Kier molecular flexibility index (Phi) is 5.37. The first-order valence-electron chi connectivity index (χ1n) is 11.4. The van der Waals surface area contributed by atoms with Crippen LogP contribution >= 0.6 is 0 Å². The Morgan fingerprint density at radius 2 is 1.39 bits per heavy atom. The summed E-state index contributed by atoms with van der Waals surface area (Å²) in [4.78, 5) is 4.59. The molecule has 2 aliphatic heterocycles. The topological polar surface area (TPSA) is 49.8 Å². The van der Waals surface area contributed by atoms with E-state index in [1.165, 1.54) is 5.57 Å². The van der Waals surface area contributed by atoms with Crippen LogP contribution in [0, 0.1) is 0 Å². The molecule has 0 bridgehead atoms. The lowest BCUT2D eigenvalue weighted by Gasteiger charge is -2.32. The number of pyridine rings is 1. The second-order valence-electron chi connectivity index (χ2n) is 10.9. The van der Waals surface area contributed by atoms with Crippen LogP contribution in [0.4, 0.5) is 0 Å². The maximum Gasteiger partial charge on any atom is 0.494 e. The monoisotopic (exact) mass is 423 g/mol. The van der Waals surface area contributed by atoms with E-state index < -0.39 is 36.6 Å². The van der Waals surface area contributed by atoms with E-state index in [1.807, 2.05) is 12.3 Å². The summed E-state index contributed by atoms with van der Waals surface area (Å²) in [5.41, 5.74) is 3.84. The van der Waals surface area contributed by atoms with Gasteiger partial charge in [-0.05, 0) is 96.0 Å². The fourth-order valence-electron chi connectivity index (χ4n) is 4.26. The summed E-state index contributed by atoms with van der Waals surface area (Å²) >= 11 is 0. The molecule has 0 aromatic carbocycles. The first-order valence-corrected chi connectivity index (χ1v) is 11.4. The first kappa shape index (κ1) is 22.8. The van der Waals surface area contributed by atoms with Crippen molar-refractivity contribution in [1.29, 1.82) is 0 Å². The Labute approximate surface area is 187 Å². The summed E-state index contributed by atoms with van der Waals surface area (Å²) in [6.07, 6.45) is 5.59. The van der Waals surface area contributed by atoms with Crippen LogP contribution in [-0.2, 0) is 25.0 Å². The summed E-state index contributed by atoms with van der Waals surface area (Å²) in [5, 5.41) is 0. The van der Waals surface area contributed by atoms with Crippen molar-refractivity contribution in [2.45, 2.75) is 97.6 Å². The van der Waals surface area contributed by atoms with Crippen molar-refractivity contribution < 1.29 is 18.6 Å². The largest absolute Gasteiger partial charge is 0.494 e. The number of fused-ring (bicyclic) bond motifs is 1. The number of rotatable bonds is 4. The fraction of sp³-hybridized carbons (Fsp3) is 0.625. The van der Waals surface area contributed by atoms with Crippen LogP contribution in [0.25, 0.3) is 6.08 Å². The fourth-order valence-corrected chi connectivity index (χ4v) is 4.26. The Balaban J connectivity index is 1.81. The van der Waals surface area contributed by atoms with Gasteiger partial charge in [0, 0.05) is 12.6 Å². The van der Waals surface area contributed by atoms with Crippen LogP contribution in [0.3, 0.4) is 0 Å². The molecule has 4 rings (SSSR count). The van der Waals surface area contributed by atoms with Crippen LogP contribution < -0.4 is 0 Å². The third-order valence-electron chi connectivity index (χ3n) is 7.71. The van der Waals surface area contributed by atoms with E-state index in [9.17, 15) is 0 Å². The molecule has 0 unspecified atom stereocenters. The normalized spacial score (nSPS) is 26.0. The van der Waals surface area contributed by atoms with Gasteiger partial charge in [-0.2, -0.15) is 0 Å². The molecule has 0 spiro atoms. The molecule has 0 atom stereocenters. The molecule has 5 nitrogen and oxygen atoms in total. The Morgan fingerprint density at radius 3 is 1.87 bits per heavy atom. The molecule has 0 amide bonds. The van der Waals surface area contributed by atoms with Crippen LogP contribution in [-0.4, -0.2) is 41.6 Å². The first-order chi connectivity index (χ1) is 14.3. The number of hydrogen-bond acceptors (Lipinski definition) is 5. The smallest absolute Gasteiger partial charge is 0.400 e. The van der Waals surface area contributed by atoms with Crippen LogP contribution in [0.2, 0.25) is 0 Å². The molecule has 0 saturated carbocycles. The zero-order valence-electron chi connectivity index (χ0n) is 20.5. The Morgan fingerprint density at radius 1 is 0.871 bits per heavy atom. The van der Waals surface area contributed by atoms with Gasteiger partial charge in [-0.3, -0.25) is 4.98 Å². The van der Waals surface area contributed by atoms with Gasteiger partial charge in [-0.25, -0.2) is 0 Å². The maximum atomic E-state index is 6.53. The van der Waals surface area contributed by atoms with E-state index in [-0.39, 0.29) is 0 Å². The molecular weight excluding hydrogens is 388 g/mol. The summed E-state index contributed by atoms with van der Waals surface area (Å²) in [6.45, 7) is 18.8. The predicted octanol–water partition coefficient (Wildman–Crippen LogP) is 4.99. The summed E-state index contributed by atoms with van der Waals surface area (Å²) < 4.78 is 26.0. The van der Waals surface area contributed by atoms with Gasteiger partial charge in [0.2, 0.25) is 0 Å². The molecule has 0 N–H and O–H groups in total. The lowest BCUT2D eigenvalue weighted by molar-refractivity contribution is 0.00578. The molecule has 0 radical (unpaired) electrons. The number of nitrogens with zero attached hydrogens (tertiary/aromatic N) is 1. The standard InChI is InChI=1S/C24H35B2NO4/c1-10-18(25-28-21(2,3)22(4,5)29-25)20(26-30-23(6,7)24(8,9)31-26)17-14-16-12-11-13-27-19(16)15-17/h11-14H,10,15H2,1-9H3/b20-18-. The Hall–Kier alpha value is -1.40. The molecule has 3 heterocycles. The summed E-state index contributed by atoms with van der Waals surface area (Å²) in [5.74, 6) is 0. The van der Waals surface area contributed by atoms with Crippen LogP contribution in [0.5, 0.6) is 0 Å². The van der Waals surface area contributed by atoms with Crippen molar-refractivity contribution in [1.82, 2.24) is 4.98 Å². The zero-order chi connectivity index (χ0) is 22.8. The van der Waals surface area contributed by atoms with Crippen molar-refractivity contribution in [3.05, 3.63) is 46.1 Å². The Bertz CT molecular complexity index is 917. The highest BCUT2D eigenvalue weighted by Gasteiger charge is 2.57. The van der Waals surface area contributed by atoms with E-state index in [0.717, 1.165) is 35.0 Å². The van der Waals surface area contributed by atoms with Gasteiger partial charge >= 0.3 is 14.2 Å². The molecular formula is C24H35B2NO4. The average molecular weight is 423 g/mol. The quantitative estimate of drug-likeness (QED) is 0.639. The van der Waals surface area contributed by atoms with Gasteiger partial charge in [-0.1, -0.05) is 13.0 Å². The number of aromatic nitrogens is 1. The number of hydrogen-bond donors (Lipinski definition) is 0. The third kappa shape index (κ3) is 3.74. The molecule has 1 aliphatic carbocycles. The lowest BCUT2D eigenvalue weighted by Crippen LogP contribution is -2.41. The van der Waals surface area contributed by atoms with Crippen molar-refractivity contribution in [2.75, 3.05) is 0 Å². The lowest BCUT2D eigenvalue weighted by atomic mass is 9.61. The van der Waals surface area contributed by atoms with E-state index in [0.29, 0.717) is 0 Å². The maximum absolute atomic E-state index is 6.53. The second kappa shape index (κ2) is 7.31. The van der Waals surface area contributed by atoms with Gasteiger partial charge in [0.1, 0.15) is 0 Å². The zero-order valence-corrected chi connectivity index (χ0v) is 20.5. The highest BCUT2D eigenvalue weighted by molar-refractivity contribution is 6.63. The van der Waals surface area contributed by atoms with Crippen molar-refractivity contribution in [3.63, 3.8) is 0 Å². The van der Waals surface area contributed by atoms with Crippen molar-refractivity contribution in [2.24, 2.45) is 0 Å². The molecule has 2 fully saturated rings. The van der Waals surface area contributed by atoms with Crippen LogP contribution in [0.15, 0.2) is 34.8 Å². The predicted molar refractivity (Wildman–Crippen MR) is 125 cm³/mol. The van der Waals surface area contributed by atoms with Gasteiger partial charge < -0.3 is 18.6 Å². The molecule has 166 valence electrons. The molecule has 31 heavy (non-hydrogen) atoms. The molecule has 2 saturated heterocycles. The second-order valence-corrected chi connectivity index (χ2v) is 10.9.